The van der Waals surface area contributed by atoms with E-state index >= 15 is 0 Å². The number of aliphatic imine (C=N–C) groups is 1. The number of hydrogen-bond donors (Lipinski definition) is 0. The molecule has 1 saturated heterocycles. The summed E-state index contributed by atoms with van der Waals surface area (Å²) in [6, 6.07) is 8.70. The van der Waals surface area contributed by atoms with Crippen LogP contribution in [0.5, 0.6) is 0 Å². The topological polar surface area (TPSA) is 34.1 Å². The van der Waals surface area contributed by atoms with Crippen molar-refractivity contribution in [1.82, 2.24) is 0 Å². The molecular formula is C18H27ClN2O2. The fourth-order valence-corrected chi connectivity index (χ4v) is 3.10. The van der Waals surface area contributed by atoms with Gasteiger partial charge in [0.05, 0.1) is 25.7 Å². The Balaban J connectivity index is 2.22. The van der Waals surface area contributed by atoms with Gasteiger partial charge in [0.2, 0.25) is 0 Å². The molecule has 1 unspecified atom stereocenters. The van der Waals surface area contributed by atoms with Crippen molar-refractivity contribution in [3.05, 3.63) is 29.8 Å². The molecule has 1 aliphatic heterocycles. The van der Waals surface area contributed by atoms with Crippen molar-refractivity contribution in [2.75, 3.05) is 50.7 Å². The van der Waals surface area contributed by atoms with Gasteiger partial charge < -0.3 is 14.4 Å². The summed E-state index contributed by atoms with van der Waals surface area (Å²) < 4.78 is 11.2. The Kier molecular flexibility index (Phi) is 7.69. The molecule has 0 bridgehead atoms. The summed E-state index contributed by atoms with van der Waals surface area (Å²) in [4.78, 5) is 6.74. The zero-order valence-electron chi connectivity index (χ0n) is 14.1. The lowest BCUT2D eigenvalue weighted by Gasteiger charge is -2.30. The molecule has 1 atom stereocenters. The number of alkyl halides is 1. The van der Waals surface area contributed by atoms with E-state index in [1.807, 2.05) is 6.92 Å². The van der Waals surface area contributed by atoms with Crippen molar-refractivity contribution < 1.29 is 9.47 Å². The molecule has 1 aromatic carbocycles. The second kappa shape index (κ2) is 9.78. The lowest BCUT2D eigenvalue weighted by atomic mass is 9.93. The molecule has 0 radical (unpaired) electrons. The minimum atomic E-state index is 0.166. The van der Waals surface area contributed by atoms with Crippen molar-refractivity contribution in [2.45, 2.75) is 25.7 Å². The van der Waals surface area contributed by atoms with E-state index in [0.29, 0.717) is 12.5 Å². The van der Waals surface area contributed by atoms with Gasteiger partial charge in [0, 0.05) is 31.7 Å². The molecule has 5 heteroatoms. The third-order valence-corrected chi connectivity index (χ3v) is 4.35. The third-order valence-electron chi connectivity index (χ3n) is 4.09. The standard InChI is InChI=1S/C18H27ClN2O2/c1-3-23-18(20-2)17(8-5-9-19)15-6-4-7-16(14-15)21-10-12-22-13-11-21/h4,6-7,14,17H,3,5,8-13H2,1-2H3. The molecule has 0 saturated carbocycles. The SMILES string of the molecule is CCOC(=NC)C(CCCCl)c1cccc(N2CCOCC2)c1. The highest BCUT2D eigenvalue weighted by Gasteiger charge is 2.20. The molecule has 1 aromatic rings. The van der Waals surface area contributed by atoms with Crippen molar-refractivity contribution in [2.24, 2.45) is 4.99 Å². The zero-order valence-corrected chi connectivity index (χ0v) is 14.9. The van der Waals surface area contributed by atoms with Crippen LogP contribution in [0.1, 0.15) is 31.2 Å². The molecule has 0 aromatic heterocycles. The number of nitrogens with zero attached hydrogens (tertiary/aromatic N) is 2. The van der Waals surface area contributed by atoms with Gasteiger partial charge in [-0.15, -0.1) is 11.6 Å². The Morgan fingerprint density at radius 3 is 2.83 bits per heavy atom. The Bertz CT molecular complexity index is 502. The van der Waals surface area contributed by atoms with E-state index in [4.69, 9.17) is 21.1 Å². The minimum absolute atomic E-state index is 0.166. The quantitative estimate of drug-likeness (QED) is 0.432. The molecule has 0 N–H and O–H groups in total. The lowest BCUT2D eigenvalue weighted by molar-refractivity contribution is 0.122. The Hall–Kier alpha value is -1.26. The smallest absolute Gasteiger partial charge is 0.190 e. The van der Waals surface area contributed by atoms with E-state index < -0.39 is 0 Å². The number of ether oxygens (including phenoxy) is 2. The second-order valence-electron chi connectivity index (χ2n) is 5.57. The van der Waals surface area contributed by atoms with E-state index in [1.54, 1.807) is 7.05 Å². The molecule has 4 nitrogen and oxygen atoms in total. The van der Waals surface area contributed by atoms with E-state index in [-0.39, 0.29) is 5.92 Å². The number of benzene rings is 1. The number of anilines is 1. The second-order valence-corrected chi connectivity index (χ2v) is 5.95. The molecule has 2 rings (SSSR count). The van der Waals surface area contributed by atoms with Gasteiger partial charge in [-0.25, -0.2) is 0 Å². The first-order chi connectivity index (χ1) is 11.3. The van der Waals surface area contributed by atoms with Gasteiger partial charge in [0.15, 0.2) is 5.90 Å². The first-order valence-electron chi connectivity index (χ1n) is 8.38. The van der Waals surface area contributed by atoms with E-state index in [1.165, 1.54) is 11.3 Å². The average molecular weight is 339 g/mol. The van der Waals surface area contributed by atoms with Crippen LogP contribution in [-0.4, -0.2) is 51.7 Å². The molecule has 0 amide bonds. The Morgan fingerprint density at radius 2 is 2.17 bits per heavy atom. The van der Waals surface area contributed by atoms with Gasteiger partial charge in [0.25, 0.3) is 0 Å². The van der Waals surface area contributed by atoms with Crippen LogP contribution in [0.3, 0.4) is 0 Å². The average Bonchev–Trinajstić information content (AvgIpc) is 2.62. The predicted octanol–water partition coefficient (Wildman–Crippen LogP) is 3.69. The van der Waals surface area contributed by atoms with Crippen molar-refractivity contribution in [3.8, 4) is 0 Å². The molecule has 1 aliphatic rings. The molecule has 0 aliphatic carbocycles. The minimum Gasteiger partial charge on any atom is -0.481 e. The number of halogens is 1. The van der Waals surface area contributed by atoms with Gasteiger partial charge in [0.1, 0.15) is 0 Å². The van der Waals surface area contributed by atoms with Crippen LogP contribution in [0.15, 0.2) is 29.3 Å². The first-order valence-corrected chi connectivity index (χ1v) is 8.91. The predicted molar refractivity (Wildman–Crippen MR) is 97.2 cm³/mol. The van der Waals surface area contributed by atoms with Crippen LogP contribution < -0.4 is 4.90 Å². The fourth-order valence-electron chi connectivity index (χ4n) is 2.94. The van der Waals surface area contributed by atoms with Gasteiger partial charge in [-0.3, -0.25) is 4.99 Å². The van der Waals surface area contributed by atoms with Gasteiger partial charge in [-0.1, -0.05) is 12.1 Å². The van der Waals surface area contributed by atoms with Crippen molar-refractivity contribution in [3.63, 3.8) is 0 Å². The normalized spacial score (nSPS) is 17.2. The maximum absolute atomic E-state index is 5.91. The molecule has 0 spiro atoms. The summed E-state index contributed by atoms with van der Waals surface area (Å²) >= 11 is 5.91. The Labute approximate surface area is 144 Å². The summed E-state index contributed by atoms with van der Waals surface area (Å²) in [5, 5.41) is 0. The van der Waals surface area contributed by atoms with Crippen molar-refractivity contribution in [1.29, 1.82) is 0 Å². The van der Waals surface area contributed by atoms with Crippen LogP contribution >= 0.6 is 11.6 Å². The lowest BCUT2D eigenvalue weighted by Crippen LogP contribution is -2.36. The van der Waals surface area contributed by atoms with E-state index in [9.17, 15) is 0 Å². The summed E-state index contributed by atoms with van der Waals surface area (Å²) in [6.45, 7) is 6.09. The molecule has 1 heterocycles. The van der Waals surface area contributed by atoms with E-state index in [2.05, 4.69) is 34.2 Å². The van der Waals surface area contributed by atoms with Crippen molar-refractivity contribution >= 4 is 23.2 Å². The molecule has 128 valence electrons. The fraction of sp³-hybridized carbons (Fsp3) is 0.611. The summed E-state index contributed by atoms with van der Waals surface area (Å²) in [5.74, 6) is 1.62. The van der Waals surface area contributed by atoms with Gasteiger partial charge >= 0.3 is 0 Å². The zero-order chi connectivity index (χ0) is 16.5. The number of hydrogen-bond acceptors (Lipinski definition) is 4. The Morgan fingerprint density at radius 1 is 1.39 bits per heavy atom. The summed E-state index contributed by atoms with van der Waals surface area (Å²) in [7, 11) is 1.80. The number of morpholine rings is 1. The monoisotopic (exact) mass is 338 g/mol. The third kappa shape index (κ3) is 5.11. The van der Waals surface area contributed by atoms with Crippen LogP contribution in [-0.2, 0) is 9.47 Å². The van der Waals surface area contributed by atoms with Gasteiger partial charge in [-0.05, 0) is 37.5 Å². The van der Waals surface area contributed by atoms with Gasteiger partial charge in [-0.2, -0.15) is 0 Å². The first kappa shape index (κ1) is 18.1. The number of rotatable bonds is 7. The summed E-state index contributed by atoms with van der Waals surface area (Å²) in [5.41, 5.74) is 2.49. The molecule has 1 fully saturated rings. The molecule has 23 heavy (non-hydrogen) atoms. The maximum Gasteiger partial charge on any atom is 0.190 e. The van der Waals surface area contributed by atoms with Crippen LogP contribution in [0.25, 0.3) is 0 Å². The van der Waals surface area contributed by atoms with E-state index in [0.717, 1.165) is 45.0 Å². The highest BCUT2D eigenvalue weighted by molar-refractivity contribution is 6.17. The molecular weight excluding hydrogens is 312 g/mol. The largest absolute Gasteiger partial charge is 0.481 e. The highest BCUT2D eigenvalue weighted by Crippen LogP contribution is 2.28. The van der Waals surface area contributed by atoms with Crippen LogP contribution in [0, 0.1) is 0 Å². The highest BCUT2D eigenvalue weighted by atomic mass is 35.5. The maximum atomic E-state index is 5.91. The summed E-state index contributed by atoms with van der Waals surface area (Å²) in [6.07, 6.45) is 1.89. The van der Waals surface area contributed by atoms with Crippen LogP contribution in [0.4, 0.5) is 5.69 Å². The van der Waals surface area contributed by atoms with Crippen LogP contribution in [0.2, 0.25) is 0 Å².